The zero-order valence-corrected chi connectivity index (χ0v) is 12.7. The maximum absolute atomic E-state index is 12.1. The second-order valence-corrected chi connectivity index (χ2v) is 4.94. The van der Waals surface area contributed by atoms with Crippen LogP contribution in [0.2, 0.25) is 0 Å². The first kappa shape index (κ1) is 15.6. The minimum absolute atomic E-state index is 0.255. The lowest BCUT2D eigenvalue weighted by Gasteiger charge is -2.15. The summed E-state index contributed by atoms with van der Waals surface area (Å²) in [6.07, 6.45) is 0.337. The lowest BCUT2D eigenvalue weighted by atomic mass is 10.2. The molecule has 112 valence electrons. The van der Waals surface area contributed by atoms with Crippen molar-refractivity contribution in [3.05, 3.63) is 59.7 Å². The number of amides is 1. The molecule has 1 N–H and O–H groups in total. The van der Waals surface area contributed by atoms with Gasteiger partial charge in [-0.2, -0.15) is 5.26 Å². The van der Waals surface area contributed by atoms with Gasteiger partial charge in [0, 0.05) is 5.69 Å². The summed E-state index contributed by atoms with van der Waals surface area (Å²) >= 11 is 0. The largest absolute Gasteiger partial charge is 0.481 e. The zero-order chi connectivity index (χ0) is 15.9. The van der Waals surface area contributed by atoms with Crippen molar-refractivity contribution in [2.45, 2.75) is 26.4 Å². The number of nitriles is 1. The van der Waals surface area contributed by atoms with Crippen molar-refractivity contribution in [3.63, 3.8) is 0 Å². The number of anilines is 1. The van der Waals surface area contributed by atoms with E-state index in [4.69, 9.17) is 10.00 Å². The third-order valence-electron chi connectivity index (χ3n) is 3.27. The normalized spacial score (nSPS) is 11.3. The molecule has 0 fully saturated rings. The standard InChI is InChI=1S/C18H18N2O2/c1-3-14-7-9-17(10-8-14)22-13(2)18(21)20-16-6-4-5-15(11-16)12-19/h4-11,13H,3H2,1-2H3,(H,20,21)/t13-/m1/s1. The van der Waals surface area contributed by atoms with Gasteiger partial charge < -0.3 is 10.1 Å². The van der Waals surface area contributed by atoms with Gasteiger partial charge in [0.15, 0.2) is 6.10 Å². The van der Waals surface area contributed by atoms with E-state index in [1.807, 2.05) is 30.3 Å². The van der Waals surface area contributed by atoms with Crippen LogP contribution in [-0.4, -0.2) is 12.0 Å². The summed E-state index contributed by atoms with van der Waals surface area (Å²) < 4.78 is 5.63. The second-order valence-electron chi connectivity index (χ2n) is 4.94. The number of hydrogen-bond acceptors (Lipinski definition) is 3. The highest BCUT2D eigenvalue weighted by molar-refractivity contribution is 5.94. The molecule has 1 amide bonds. The lowest BCUT2D eigenvalue weighted by molar-refractivity contribution is -0.122. The van der Waals surface area contributed by atoms with Gasteiger partial charge in [-0.1, -0.05) is 25.1 Å². The fourth-order valence-electron chi connectivity index (χ4n) is 1.97. The smallest absolute Gasteiger partial charge is 0.265 e. The molecule has 1 atom stereocenters. The maximum atomic E-state index is 12.1. The summed E-state index contributed by atoms with van der Waals surface area (Å²) in [5.41, 5.74) is 2.31. The summed E-state index contributed by atoms with van der Waals surface area (Å²) in [6.45, 7) is 3.78. The van der Waals surface area contributed by atoms with Crippen LogP contribution in [0, 0.1) is 11.3 Å². The molecule has 0 aliphatic rings. The van der Waals surface area contributed by atoms with Gasteiger partial charge in [-0.25, -0.2) is 0 Å². The summed E-state index contributed by atoms with van der Waals surface area (Å²) in [5.74, 6) is 0.403. The van der Waals surface area contributed by atoms with Crippen molar-refractivity contribution < 1.29 is 9.53 Å². The van der Waals surface area contributed by atoms with E-state index in [0.29, 0.717) is 17.0 Å². The predicted molar refractivity (Wildman–Crippen MR) is 85.7 cm³/mol. The summed E-state index contributed by atoms with van der Waals surface area (Å²) in [6, 6.07) is 16.5. The Hall–Kier alpha value is -2.80. The molecule has 0 radical (unpaired) electrons. The van der Waals surface area contributed by atoms with Crippen molar-refractivity contribution in [1.82, 2.24) is 0 Å². The molecule has 0 aromatic heterocycles. The van der Waals surface area contributed by atoms with E-state index in [0.717, 1.165) is 6.42 Å². The Balaban J connectivity index is 1.97. The van der Waals surface area contributed by atoms with E-state index >= 15 is 0 Å². The van der Waals surface area contributed by atoms with Crippen LogP contribution in [-0.2, 0) is 11.2 Å². The number of nitrogens with zero attached hydrogens (tertiary/aromatic N) is 1. The van der Waals surface area contributed by atoms with Crippen LogP contribution in [0.25, 0.3) is 0 Å². The van der Waals surface area contributed by atoms with Crippen LogP contribution in [0.3, 0.4) is 0 Å². The SMILES string of the molecule is CCc1ccc(O[C@H](C)C(=O)Nc2cccc(C#N)c2)cc1. The molecule has 2 rings (SSSR count). The quantitative estimate of drug-likeness (QED) is 0.917. The first-order chi connectivity index (χ1) is 10.6. The molecular weight excluding hydrogens is 276 g/mol. The van der Waals surface area contributed by atoms with Crippen molar-refractivity contribution in [2.75, 3.05) is 5.32 Å². The van der Waals surface area contributed by atoms with Gasteiger partial charge in [0.2, 0.25) is 0 Å². The highest BCUT2D eigenvalue weighted by Crippen LogP contribution is 2.15. The molecule has 0 saturated carbocycles. The van der Waals surface area contributed by atoms with Gasteiger partial charge in [-0.05, 0) is 49.2 Å². The number of carbonyl (C=O) groups is 1. The van der Waals surface area contributed by atoms with Gasteiger partial charge in [0.1, 0.15) is 5.75 Å². The van der Waals surface area contributed by atoms with Crippen molar-refractivity contribution in [3.8, 4) is 11.8 Å². The van der Waals surface area contributed by atoms with Crippen LogP contribution in [0.1, 0.15) is 25.0 Å². The van der Waals surface area contributed by atoms with E-state index in [1.54, 1.807) is 31.2 Å². The minimum Gasteiger partial charge on any atom is -0.481 e. The Morgan fingerprint density at radius 3 is 2.64 bits per heavy atom. The molecule has 4 nitrogen and oxygen atoms in total. The maximum Gasteiger partial charge on any atom is 0.265 e. The summed E-state index contributed by atoms with van der Waals surface area (Å²) in [7, 11) is 0. The van der Waals surface area contributed by atoms with Crippen LogP contribution in [0.5, 0.6) is 5.75 Å². The first-order valence-corrected chi connectivity index (χ1v) is 7.19. The van der Waals surface area contributed by atoms with Crippen molar-refractivity contribution in [2.24, 2.45) is 0 Å². The second kappa shape index (κ2) is 7.28. The number of carbonyl (C=O) groups excluding carboxylic acids is 1. The molecule has 2 aromatic carbocycles. The minimum atomic E-state index is -0.627. The van der Waals surface area contributed by atoms with E-state index in [1.165, 1.54) is 5.56 Å². The Labute approximate surface area is 130 Å². The molecule has 0 spiro atoms. The molecule has 0 unspecified atom stereocenters. The molecule has 2 aromatic rings. The Bertz CT molecular complexity index is 687. The third kappa shape index (κ3) is 4.10. The third-order valence-corrected chi connectivity index (χ3v) is 3.27. The van der Waals surface area contributed by atoms with Crippen LogP contribution < -0.4 is 10.1 Å². The number of rotatable bonds is 5. The topological polar surface area (TPSA) is 62.1 Å². The zero-order valence-electron chi connectivity index (χ0n) is 12.7. The molecule has 0 aliphatic carbocycles. The molecule has 4 heteroatoms. The predicted octanol–water partition coefficient (Wildman–Crippen LogP) is 3.53. The summed E-state index contributed by atoms with van der Waals surface area (Å²) in [5, 5.41) is 11.6. The number of nitrogens with one attached hydrogen (secondary N) is 1. The van der Waals surface area contributed by atoms with Crippen molar-refractivity contribution >= 4 is 11.6 Å². The highest BCUT2D eigenvalue weighted by Gasteiger charge is 2.15. The van der Waals surface area contributed by atoms with E-state index in [2.05, 4.69) is 12.2 Å². The van der Waals surface area contributed by atoms with Crippen LogP contribution in [0.4, 0.5) is 5.69 Å². The van der Waals surface area contributed by atoms with Gasteiger partial charge in [-0.3, -0.25) is 4.79 Å². The van der Waals surface area contributed by atoms with E-state index in [-0.39, 0.29) is 5.91 Å². The number of benzene rings is 2. The average Bonchev–Trinajstić information content (AvgIpc) is 2.55. The molecule has 0 saturated heterocycles. The van der Waals surface area contributed by atoms with Gasteiger partial charge in [-0.15, -0.1) is 0 Å². The Kier molecular flexibility index (Phi) is 5.16. The number of hydrogen-bond donors (Lipinski definition) is 1. The van der Waals surface area contributed by atoms with Gasteiger partial charge in [0.05, 0.1) is 11.6 Å². The van der Waals surface area contributed by atoms with Crippen molar-refractivity contribution in [1.29, 1.82) is 5.26 Å². The van der Waals surface area contributed by atoms with Crippen LogP contribution >= 0.6 is 0 Å². The molecule has 0 aliphatic heterocycles. The Morgan fingerprint density at radius 1 is 1.27 bits per heavy atom. The first-order valence-electron chi connectivity index (χ1n) is 7.19. The summed E-state index contributed by atoms with van der Waals surface area (Å²) in [4.78, 5) is 12.1. The van der Waals surface area contributed by atoms with Gasteiger partial charge >= 0.3 is 0 Å². The fourth-order valence-corrected chi connectivity index (χ4v) is 1.97. The average molecular weight is 294 g/mol. The van der Waals surface area contributed by atoms with E-state index < -0.39 is 6.10 Å². The Morgan fingerprint density at radius 2 is 2.00 bits per heavy atom. The monoisotopic (exact) mass is 294 g/mol. The highest BCUT2D eigenvalue weighted by atomic mass is 16.5. The lowest BCUT2D eigenvalue weighted by Crippen LogP contribution is -2.30. The van der Waals surface area contributed by atoms with E-state index in [9.17, 15) is 4.79 Å². The van der Waals surface area contributed by atoms with Gasteiger partial charge in [0.25, 0.3) is 5.91 Å². The fraction of sp³-hybridized carbons (Fsp3) is 0.222. The molecule has 0 heterocycles. The number of ether oxygens (including phenoxy) is 1. The van der Waals surface area contributed by atoms with Crippen LogP contribution in [0.15, 0.2) is 48.5 Å². The molecule has 0 bridgehead atoms. The molecule has 22 heavy (non-hydrogen) atoms. The number of aryl methyl sites for hydroxylation is 1. The molecular formula is C18H18N2O2.